The summed E-state index contributed by atoms with van der Waals surface area (Å²) in [6.07, 6.45) is 5.98. The van der Waals surface area contributed by atoms with Crippen LogP contribution in [-0.2, 0) is 6.42 Å². The molecule has 2 N–H and O–H groups in total. The lowest BCUT2D eigenvalue weighted by Gasteiger charge is -2.25. The summed E-state index contributed by atoms with van der Waals surface area (Å²) in [6.45, 7) is 5.79. The summed E-state index contributed by atoms with van der Waals surface area (Å²) in [6, 6.07) is 8.25. The first-order valence-corrected chi connectivity index (χ1v) is 6.46. The molecule has 0 atom stereocenters. The molecule has 1 aromatic rings. The lowest BCUT2D eigenvalue weighted by molar-refractivity contribution is 0.290. The highest BCUT2D eigenvalue weighted by Crippen LogP contribution is 2.11. The summed E-state index contributed by atoms with van der Waals surface area (Å²) in [5.74, 6) is 0. The molecule has 1 aromatic carbocycles. The van der Waals surface area contributed by atoms with Crippen LogP contribution in [0, 0.1) is 0 Å². The summed E-state index contributed by atoms with van der Waals surface area (Å²) in [5, 5.41) is 0. The molecular weight excluding hydrogens is 208 g/mol. The average molecular weight is 230 g/mol. The molecule has 2 rings (SSSR count). The van der Waals surface area contributed by atoms with Crippen molar-refractivity contribution < 1.29 is 0 Å². The standard InChI is InChI=1S/C15H22N2/c1-13-8-11-17(12-9-13)10-2-3-14-4-6-15(16)7-5-14/h4-8H,2-3,9-12,16H2,1H3. The van der Waals surface area contributed by atoms with Gasteiger partial charge < -0.3 is 5.73 Å². The van der Waals surface area contributed by atoms with Gasteiger partial charge in [-0.1, -0.05) is 23.8 Å². The molecule has 0 bridgehead atoms. The summed E-state index contributed by atoms with van der Waals surface area (Å²) < 4.78 is 0. The maximum atomic E-state index is 5.67. The van der Waals surface area contributed by atoms with E-state index in [4.69, 9.17) is 5.73 Å². The Morgan fingerprint density at radius 1 is 1.24 bits per heavy atom. The van der Waals surface area contributed by atoms with Gasteiger partial charge in [-0.3, -0.25) is 4.90 Å². The minimum atomic E-state index is 0.852. The predicted molar refractivity (Wildman–Crippen MR) is 74.0 cm³/mol. The minimum Gasteiger partial charge on any atom is -0.399 e. The number of benzene rings is 1. The summed E-state index contributed by atoms with van der Waals surface area (Å²) in [4.78, 5) is 2.53. The number of aryl methyl sites for hydroxylation is 1. The van der Waals surface area contributed by atoms with Crippen LogP contribution in [0.25, 0.3) is 0 Å². The van der Waals surface area contributed by atoms with Crippen molar-refractivity contribution in [3.8, 4) is 0 Å². The molecule has 17 heavy (non-hydrogen) atoms. The highest BCUT2D eigenvalue weighted by molar-refractivity contribution is 5.39. The number of rotatable bonds is 4. The molecule has 0 radical (unpaired) electrons. The van der Waals surface area contributed by atoms with E-state index in [1.807, 2.05) is 12.1 Å². The van der Waals surface area contributed by atoms with Crippen LogP contribution in [0.2, 0.25) is 0 Å². The molecule has 0 saturated carbocycles. The van der Waals surface area contributed by atoms with Crippen LogP contribution in [-0.4, -0.2) is 24.5 Å². The van der Waals surface area contributed by atoms with Gasteiger partial charge in [-0.05, 0) is 50.4 Å². The molecule has 1 aliphatic rings. The van der Waals surface area contributed by atoms with Crippen LogP contribution in [0.1, 0.15) is 25.3 Å². The smallest absolute Gasteiger partial charge is 0.0314 e. The Hall–Kier alpha value is -1.28. The second kappa shape index (κ2) is 5.87. The Balaban J connectivity index is 1.71. The lowest BCUT2D eigenvalue weighted by atomic mass is 10.1. The second-order valence-corrected chi connectivity index (χ2v) is 4.95. The predicted octanol–water partition coefficient (Wildman–Crippen LogP) is 2.85. The van der Waals surface area contributed by atoms with E-state index in [2.05, 4.69) is 30.0 Å². The molecule has 2 heteroatoms. The zero-order valence-electron chi connectivity index (χ0n) is 10.7. The van der Waals surface area contributed by atoms with E-state index in [9.17, 15) is 0 Å². The van der Waals surface area contributed by atoms with Crippen molar-refractivity contribution in [1.29, 1.82) is 0 Å². The van der Waals surface area contributed by atoms with Crippen molar-refractivity contribution in [1.82, 2.24) is 4.90 Å². The Bertz CT molecular complexity index is 378. The quantitative estimate of drug-likeness (QED) is 0.636. The molecule has 0 aromatic heterocycles. The SMILES string of the molecule is CC1=CCN(CCCc2ccc(N)cc2)CC1. The Morgan fingerprint density at radius 3 is 2.65 bits per heavy atom. The lowest BCUT2D eigenvalue weighted by Crippen LogP contribution is -2.29. The highest BCUT2D eigenvalue weighted by atomic mass is 15.1. The average Bonchev–Trinajstić information content (AvgIpc) is 2.34. The van der Waals surface area contributed by atoms with Crippen molar-refractivity contribution in [3.63, 3.8) is 0 Å². The zero-order valence-corrected chi connectivity index (χ0v) is 10.7. The fraction of sp³-hybridized carbons (Fsp3) is 0.467. The van der Waals surface area contributed by atoms with Gasteiger partial charge in [-0.25, -0.2) is 0 Å². The van der Waals surface area contributed by atoms with E-state index >= 15 is 0 Å². The number of anilines is 1. The minimum absolute atomic E-state index is 0.852. The van der Waals surface area contributed by atoms with E-state index < -0.39 is 0 Å². The zero-order chi connectivity index (χ0) is 12.1. The van der Waals surface area contributed by atoms with Crippen LogP contribution >= 0.6 is 0 Å². The molecule has 0 unspecified atom stereocenters. The van der Waals surface area contributed by atoms with Gasteiger partial charge in [0.25, 0.3) is 0 Å². The number of hydrogen-bond acceptors (Lipinski definition) is 2. The van der Waals surface area contributed by atoms with Crippen molar-refractivity contribution >= 4 is 5.69 Å². The van der Waals surface area contributed by atoms with Gasteiger partial charge in [0.15, 0.2) is 0 Å². The maximum absolute atomic E-state index is 5.67. The van der Waals surface area contributed by atoms with Crippen molar-refractivity contribution in [3.05, 3.63) is 41.5 Å². The molecule has 1 heterocycles. The van der Waals surface area contributed by atoms with Gasteiger partial charge >= 0.3 is 0 Å². The topological polar surface area (TPSA) is 29.3 Å². The van der Waals surface area contributed by atoms with E-state index in [-0.39, 0.29) is 0 Å². The molecule has 2 nitrogen and oxygen atoms in total. The summed E-state index contributed by atoms with van der Waals surface area (Å²) >= 11 is 0. The fourth-order valence-electron chi connectivity index (χ4n) is 2.21. The van der Waals surface area contributed by atoms with Gasteiger partial charge in [0.1, 0.15) is 0 Å². The normalized spacial score (nSPS) is 16.9. The summed E-state index contributed by atoms with van der Waals surface area (Å²) in [5.41, 5.74) is 9.46. The molecule has 0 spiro atoms. The van der Waals surface area contributed by atoms with Gasteiger partial charge in [0.2, 0.25) is 0 Å². The first kappa shape index (κ1) is 12.2. The largest absolute Gasteiger partial charge is 0.399 e. The number of nitrogens with two attached hydrogens (primary N) is 1. The number of nitrogen functional groups attached to an aromatic ring is 1. The summed E-state index contributed by atoms with van der Waals surface area (Å²) in [7, 11) is 0. The van der Waals surface area contributed by atoms with Crippen LogP contribution in [0.4, 0.5) is 5.69 Å². The van der Waals surface area contributed by atoms with E-state index in [1.165, 1.54) is 31.5 Å². The van der Waals surface area contributed by atoms with Gasteiger partial charge in [0, 0.05) is 18.8 Å². The molecule has 0 fully saturated rings. The van der Waals surface area contributed by atoms with Gasteiger partial charge in [0.05, 0.1) is 0 Å². The Morgan fingerprint density at radius 2 is 2.00 bits per heavy atom. The van der Waals surface area contributed by atoms with Crippen molar-refractivity contribution in [2.45, 2.75) is 26.2 Å². The van der Waals surface area contributed by atoms with Crippen LogP contribution in [0.15, 0.2) is 35.9 Å². The van der Waals surface area contributed by atoms with Crippen LogP contribution in [0.3, 0.4) is 0 Å². The third-order valence-electron chi connectivity index (χ3n) is 3.44. The third kappa shape index (κ3) is 3.90. The molecule has 92 valence electrons. The van der Waals surface area contributed by atoms with E-state index in [0.717, 1.165) is 18.7 Å². The molecule has 0 saturated heterocycles. The first-order valence-electron chi connectivity index (χ1n) is 6.46. The monoisotopic (exact) mass is 230 g/mol. The fourth-order valence-corrected chi connectivity index (χ4v) is 2.21. The number of nitrogens with zero attached hydrogens (tertiary/aromatic N) is 1. The van der Waals surface area contributed by atoms with Crippen molar-refractivity contribution in [2.75, 3.05) is 25.4 Å². The van der Waals surface area contributed by atoms with Crippen LogP contribution in [0.5, 0.6) is 0 Å². The highest BCUT2D eigenvalue weighted by Gasteiger charge is 2.08. The first-order chi connectivity index (χ1) is 8.24. The Kier molecular flexibility index (Phi) is 4.21. The number of hydrogen-bond donors (Lipinski definition) is 1. The third-order valence-corrected chi connectivity index (χ3v) is 3.44. The molecule has 0 amide bonds. The van der Waals surface area contributed by atoms with E-state index in [1.54, 1.807) is 5.57 Å². The molecule has 1 aliphatic heterocycles. The van der Waals surface area contributed by atoms with E-state index in [0.29, 0.717) is 0 Å². The Labute approximate surface area is 104 Å². The van der Waals surface area contributed by atoms with Gasteiger partial charge in [-0.15, -0.1) is 0 Å². The van der Waals surface area contributed by atoms with Crippen molar-refractivity contribution in [2.24, 2.45) is 0 Å². The second-order valence-electron chi connectivity index (χ2n) is 4.95. The van der Waals surface area contributed by atoms with Crippen LogP contribution < -0.4 is 5.73 Å². The molecular formula is C15H22N2. The maximum Gasteiger partial charge on any atom is 0.0314 e. The molecule has 0 aliphatic carbocycles. The van der Waals surface area contributed by atoms with Gasteiger partial charge in [-0.2, -0.15) is 0 Å².